The molecule has 16 rings (SSSR count). The van der Waals surface area contributed by atoms with Crippen molar-refractivity contribution >= 4 is 103 Å². The normalized spacial score (nSPS) is 11.0. The monoisotopic (exact) mass is 1190 g/mol. The van der Waals surface area contributed by atoms with Gasteiger partial charge in [0.2, 0.25) is 0 Å². The molecule has 0 aliphatic heterocycles. The average molecular weight is 1200 g/mol. The first-order chi connectivity index (χ1) is 44.0. The molecule has 5 heteroatoms. The number of nitrogens with one attached hydrogen (secondary N) is 1. The molecule has 16 aromatic rings. The van der Waals surface area contributed by atoms with Crippen molar-refractivity contribution in [3.05, 3.63) is 357 Å². The second-order valence-corrected chi connectivity index (χ2v) is 24.4. The fourth-order valence-electron chi connectivity index (χ4n) is 11.7. The van der Waals surface area contributed by atoms with Gasteiger partial charge in [0.05, 0.1) is 0 Å². The van der Waals surface area contributed by atoms with Gasteiger partial charge in [-0.15, -0.1) is 22.7 Å². The number of rotatable bonds is 11. The maximum Gasteiger partial charge on any atom is 0.0476 e. The summed E-state index contributed by atoms with van der Waals surface area (Å²) < 4.78 is 5.15. The van der Waals surface area contributed by atoms with E-state index in [1.54, 1.807) is 11.3 Å². The van der Waals surface area contributed by atoms with Crippen LogP contribution in [0.15, 0.2) is 352 Å². The van der Waals surface area contributed by atoms with Crippen LogP contribution in [0.3, 0.4) is 0 Å². The van der Waals surface area contributed by atoms with Gasteiger partial charge in [-0.2, -0.15) is 0 Å². The van der Waals surface area contributed by atoms with Crippen LogP contribution in [0.1, 0.15) is 0 Å². The number of anilines is 5. The number of hydrogen-bond acceptors (Lipinski definition) is 4. The first-order valence-electron chi connectivity index (χ1n) is 29.9. The number of halogens is 1. The summed E-state index contributed by atoms with van der Waals surface area (Å²) in [6, 6.07) is 124. The number of hydrogen-bond donors (Lipinski definition) is 1. The van der Waals surface area contributed by atoms with E-state index >= 15 is 0 Å². The lowest BCUT2D eigenvalue weighted by Gasteiger charge is -2.26. The van der Waals surface area contributed by atoms with Gasteiger partial charge in [0.25, 0.3) is 0 Å². The maximum absolute atomic E-state index is 6.11. The molecule has 0 atom stereocenters. The molecule has 0 saturated heterocycles. The second kappa shape index (κ2) is 26.2. The van der Waals surface area contributed by atoms with Gasteiger partial charge in [-0.3, -0.25) is 0 Å². The zero-order valence-electron chi connectivity index (χ0n) is 48.6. The molecule has 0 aliphatic rings. The lowest BCUT2D eigenvalue weighted by atomic mass is 9.99. The van der Waals surface area contributed by atoms with Gasteiger partial charge in [0.1, 0.15) is 0 Å². The number of fused-ring (bicyclic) bond motifs is 6. The molecule has 89 heavy (non-hydrogen) atoms. The van der Waals surface area contributed by atoms with Crippen molar-refractivity contribution in [3.8, 4) is 66.8 Å². The van der Waals surface area contributed by atoms with Gasteiger partial charge >= 0.3 is 0 Å². The summed E-state index contributed by atoms with van der Waals surface area (Å²) in [4.78, 5) is 2.37. The Morgan fingerprint density at radius 2 is 0.539 bits per heavy atom. The molecule has 1 N–H and O–H groups in total. The van der Waals surface area contributed by atoms with Crippen LogP contribution in [-0.4, -0.2) is 0 Å². The fraction of sp³-hybridized carbons (Fsp3) is 0. The van der Waals surface area contributed by atoms with Crippen LogP contribution in [0.25, 0.3) is 107 Å². The molecule has 2 aromatic heterocycles. The van der Waals surface area contributed by atoms with E-state index in [2.05, 4.69) is 344 Å². The summed E-state index contributed by atoms with van der Waals surface area (Å²) >= 11 is 9.78. The number of benzene rings is 14. The van der Waals surface area contributed by atoms with E-state index in [0.29, 0.717) is 0 Å². The molecule has 14 aromatic carbocycles. The summed E-state index contributed by atoms with van der Waals surface area (Å²) in [5.74, 6) is 0. The van der Waals surface area contributed by atoms with Gasteiger partial charge in [0, 0.05) is 73.8 Å². The van der Waals surface area contributed by atoms with Crippen LogP contribution in [0.4, 0.5) is 28.4 Å². The summed E-state index contributed by atoms with van der Waals surface area (Å²) in [6.07, 6.45) is 0. The molecular formula is C84H59ClN2S2. The van der Waals surface area contributed by atoms with Crippen LogP contribution in [0.2, 0.25) is 5.02 Å². The third-order valence-electron chi connectivity index (χ3n) is 16.1. The highest BCUT2D eigenvalue weighted by Gasteiger charge is 2.18. The highest BCUT2D eigenvalue weighted by Crippen LogP contribution is 2.45. The van der Waals surface area contributed by atoms with Crippen LogP contribution < -0.4 is 10.2 Å². The molecule has 2 heterocycles. The highest BCUT2D eigenvalue weighted by molar-refractivity contribution is 7.26. The van der Waals surface area contributed by atoms with Crippen LogP contribution in [0.5, 0.6) is 0 Å². The minimum Gasteiger partial charge on any atom is -0.356 e. The highest BCUT2D eigenvalue weighted by atomic mass is 35.5. The van der Waals surface area contributed by atoms with Gasteiger partial charge in [0.15, 0.2) is 0 Å². The van der Waals surface area contributed by atoms with Crippen molar-refractivity contribution in [2.45, 2.75) is 0 Å². The Morgan fingerprint density at radius 1 is 0.236 bits per heavy atom. The summed E-state index contributed by atoms with van der Waals surface area (Å²) in [6.45, 7) is 0. The van der Waals surface area contributed by atoms with Crippen molar-refractivity contribution in [1.82, 2.24) is 0 Å². The SMILES string of the molecule is Clc1ccc2c(c1)sc1cccc(-c3ccccc3)c12.c1ccc(-c2ccc(N(c3ccc(-c4ccccc4)cc3)c3ccc4c(c3)sc3cccc(-c5ccccc5)c34)cc2)cc1.c1ccc(-c2ccc(Nc3ccc(-c4ccccc4)cc3)cc2)cc1. The molecule has 0 spiro atoms. The van der Waals surface area contributed by atoms with Crippen molar-refractivity contribution in [2.75, 3.05) is 10.2 Å². The second-order valence-electron chi connectivity index (χ2n) is 21.8. The van der Waals surface area contributed by atoms with Crippen molar-refractivity contribution in [2.24, 2.45) is 0 Å². The van der Waals surface area contributed by atoms with E-state index in [9.17, 15) is 0 Å². The number of nitrogens with zero attached hydrogens (tertiary/aromatic N) is 1. The average Bonchev–Trinajstić information content (AvgIpc) is 2.55. The quantitative estimate of drug-likeness (QED) is 0.139. The van der Waals surface area contributed by atoms with E-state index in [4.69, 9.17) is 11.6 Å². The van der Waals surface area contributed by atoms with Gasteiger partial charge in [-0.25, -0.2) is 0 Å². The Morgan fingerprint density at radius 3 is 0.910 bits per heavy atom. The lowest BCUT2D eigenvalue weighted by molar-refractivity contribution is 1.29. The fourth-order valence-corrected chi connectivity index (χ4v) is 14.3. The molecule has 2 nitrogen and oxygen atoms in total. The van der Waals surface area contributed by atoms with E-state index in [1.807, 2.05) is 29.5 Å². The molecular weight excluding hydrogens is 1140 g/mol. The molecule has 0 unspecified atom stereocenters. The lowest BCUT2D eigenvalue weighted by Crippen LogP contribution is -2.09. The predicted molar refractivity (Wildman–Crippen MR) is 387 cm³/mol. The number of thiophene rings is 2. The Hall–Kier alpha value is -10.6. The van der Waals surface area contributed by atoms with Crippen LogP contribution >= 0.6 is 34.3 Å². The first-order valence-corrected chi connectivity index (χ1v) is 31.9. The minimum absolute atomic E-state index is 0.797. The van der Waals surface area contributed by atoms with Gasteiger partial charge in [-0.05, 0) is 152 Å². The molecule has 0 bridgehead atoms. The predicted octanol–water partition coefficient (Wildman–Crippen LogP) is 25.7. The zero-order valence-corrected chi connectivity index (χ0v) is 51.0. The van der Waals surface area contributed by atoms with E-state index in [0.717, 1.165) is 33.5 Å². The smallest absolute Gasteiger partial charge is 0.0476 e. The molecule has 0 aliphatic carbocycles. The first kappa shape index (κ1) is 56.2. The van der Waals surface area contributed by atoms with Crippen LogP contribution in [-0.2, 0) is 0 Å². The molecule has 0 fully saturated rings. The third kappa shape index (κ3) is 12.5. The van der Waals surface area contributed by atoms with Crippen LogP contribution in [0, 0.1) is 0 Å². The van der Waals surface area contributed by atoms with E-state index < -0.39 is 0 Å². The largest absolute Gasteiger partial charge is 0.356 e. The summed E-state index contributed by atoms with van der Waals surface area (Å²) in [7, 11) is 0. The Balaban J connectivity index is 0.000000129. The Bertz CT molecular complexity index is 4820. The summed E-state index contributed by atoms with van der Waals surface area (Å²) in [5.41, 5.74) is 20.5. The topological polar surface area (TPSA) is 15.3 Å². The zero-order chi connectivity index (χ0) is 59.7. The minimum atomic E-state index is 0.797. The molecule has 424 valence electrons. The standard InChI is InChI=1S/C42H29NS.C24H19N.C18H11ClS/c1-4-11-30(12-5-1)32-19-23-35(24-20-32)43(36-25-21-33(22-26-36)31-13-6-2-7-14-31)37-27-28-39-41(29-37)44-40-18-10-17-38(42(39)40)34-15-8-3-9-16-34;1-3-7-19(8-4-1)21-11-15-23(16-12-21)25-24-17-13-22(14-18-24)20-9-5-2-6-10-20;19-13-9-10-15-17(11-13)20-16-8-4-7-14(18(15)16)12-5-2-1-3-6-12/h1-29H;1-18,25H;1-11H. The van der Waals surface area contributed by atoms with E-state index in [-0.39, 0.29) is 0 Å². The third-order valence-corrected chi connectivity index (χ3v) is 18.6. The molecule has 0 radical (unpaired) electrons. The Kier molecular flexibility index (Phi) is 16.5. The van der Waals surface area contributed by atoms with Crippen molar-refractivity contribution in [1.29, 1.82) is 0 Å². The Labute approximate surface area is 533 Å². The van der Waals surface area contributed by atoms with Gasteiger partial charge in [-0.1, -0.05) is 279 Å². The molecule has 0 amide bonds. The van der Waals surface area contributed by atoms with Crippen molar-refractivity contribution in [3.63, 3.8) is 0 Å². The molecule has 0 saturated carbocycles. The summed E-state index contributed by atoms with van der Waals surface area (Å²) in [5, 5.41) is 9.50. The van der Waals surface area contributed by atoms with Crippen molar-refractivity contribution < 1.29 is 0 Å². The van der Waals surface area contributed by atoms with Gasteiger partial charge < -0.3 is 10.2 Å². The van der Waals surface area contributed by atoms with E-state index in [1.165, 1.54) is 107 Å². The maximum atomic E-state index is 6.11.